The van der Waals surface area contributed by atoms with Crippen molar-refractivity contribution >= 4 is 17.4 Å². The number of Topliss-reactive ketones (excluding diaryl/α,β-unsaturated/α-hetero) is 1. The third kappa shape index (κ3) is 1.74. The van der Waals surface area contributed by atoms with Crippen LogP contribution in [0.3, 0.4) is 0 Å². The molecule has 2 nitrogen and oxygen atoms in total. The van der Waals surface area contributed by atoms with E-state index in [1.165, 1.54) is 0 Å². The first-order valence-corrected chi connectivity index (χ1v) is 3.97. The van der Waals surface area contributed by atoms with E-state index in [1.54, 1.807) is 0 Å². The summed E-state index contributed by atoms with van der Waals surface area (Å²) < 4.78 is 0. The van der Waals surface area contributed by atoms with Crippen LogP contribution in [0, 0.1) is 5.41 Å². The number of nitrogens with two attached hydrogens (primary N) is 1. The molecule has 62 valence electrons. The Balaban J connectivity index is 2.94. The minimum Gasteiger partial charge on any atom is -0.401 e. The number of ketones is 1. The van der Waals surface area contributed by atoms with Crippen LogP contribution in [0.4, 0.5) is 0 Å². The maximum Gasteiger partial charge on any atom is 0.176 e. The zero-order valence-corrected chi connectivity index (χ0v) is 7.53. The lowest BCUT2D eigenvalue weighted by Crippen LogP contribution is -2.26. The summed E-state index contributed by atoms with van der Waals surface area (Å²) >= 11 is 5.65. The van der Waals surface area contributed by atoms with Crippen LogP contribution in [0.1, 0.15) is 26.7 Å². The smallest absolute Gasteiger partial charge is 0.176 e. The molecule has 0 radical (unpaired) electrons. The molecule has 0 aliphatic heterocycles. The number of rotatable bonds is 0. The van der Waals surface area contributed by atoms with Gasteiger partial charge in [0, 0.05) is 12.1 Å². The molecule has 0 fully saturated rings. The van der Waals surface area contributed by atoms with Crippen LogP contribution >= 0.6 is 11.6 Å². The minimum absolute atomic E-state index is 0.0143. The molecule has 1 aliphatic rings. The molecule has 0 amide bonds. The highest BCUT2D eigenvalue weighted by Crippen LogP contribution is 2.35. The predicted octanol–water partition coefficient (Wildman–Crippen LogP) is 1.78. The second-order valence-electron chi connectivity index (χ2n) is 3.78. The van der Waals surface area contributed by atoms with Crippen molar-refractivity contribution < 1.29 is 4.79 Å². The average molecular weight is 174 g/mol. The molecule has 0 unspecified atom stereocenters. The molecule has 0 heterocycles. The second-order valence-corrected chi connectivity index (χ2v) is 4.16. The highest BCUT2D eigenvalue weighted by molar-refractivity contribution is 6.43. The van der Waals surface area contributed by atoms with Crippen LogP contribution in [0.5, 0.6) is 0 Å². The molecule has 1 rings (SSSR count). The van der Waals surface area contributed by atoms with Crippen molar-refractivity contribution in [1.29, 1.82) is 0 Å². The average Bonchev–Trinajstić information content (AvgIpc) is 1.81. The number of carbonyl (C=O) groups is 1. The van der Waals surface area contributed by atoms with Gasteiger partial charge in [-0.25, -0.2) is 0 Å². The van der Waals surface area contributed by atoms with Gasteiger partial charge in [0.15, 0.2) is 5.78 Å². The fourth-order valence-corrected chi connectivity index (χ4v) is 1.48. The Morgan fingerprint density at radius 3 is 2.45 bits per heavy atom. The lowest BCUT2D eigenvalue weighted by atomic mass is 9.79. The predicted molar refractivity (Wildman–Crippen MR) is 45.1 cm³/mol. The number of hydrogen-bond acceptors (Lipinski definition) is 2. The Hall–Kier alpha value is -0.500. The molecule has 0 saturated heterocycles. The van der Waals surface area contributed by atoms with Gasteiger partial charge in [0.05, 0.1) is 0 Å². The van der Waals surface area contributed by atoms with E-state index in [4.69, 9.17) is 17.3 Å². The molecule has 0 bridgehead atoms. The van der Waals surface area contributed by atoms with Crippen LogP contribution in [-0.4, -0.2) is 5.78 Å². The van der Waals surface area contributed by atoms with Gasteiger partial charge in [-0.2, -0.15) is 0 Å². The zero-order valence-electron chi connectivity index (χ0n) is 6.78. The lowest BCUT2D eigenvalue weighted by Gasteiger charge is -2.28. The summed E-state index contributed by atoms with van der Waals surface area (Å²) in [5, 5.41) is 0.240. The quantitative estimate of drug-likeness (QED) is 0.607. The highest BCUT2D eigenvalue weighted by Gasteiger charge is 2.30. The fourth-order valence-electron chi connectivity index (χ4n) is 1.35. The highest BCUT2D eigenvalue weighted by atomic mass is 35.5. The summed E-state index contributed by atoms with van der Waals surface area (Å²) in [6, 6.07) is 0. The molecule has 0 atom stereocenters. The largest absolute Gasteiger partial charge is 0.401 e. The summed E-state index contributed by atoms with van der Waals surface area (Å²) in [6.07, 6.45) is 1.23. The van der Waals surface area contributed by atoms with Gasteiger partial charge in [-0.3, -0.25) is 4.79 Å². The Bertz CT molecular complexity index is 230. The first-order valence-electron chi connectivity index (χ1n) is 3.60. The fraction of sp³-hybridized carbons (Fsp3) is 0.625. The Morgan fingerprint density at radius 2 is 2.00 bits per heavy atom. The van der Waals surface area contributed by atoms with Gasteiger partial charge in [-0.15, -0.1) is 0 Å². The number of halogens is 1. The topological polar surface area (TPSA) is 43.1 Å². The van der Waals surface area contributed by atoms with E-state index in [-0.39, 0.29) is 16.2 Å². The number of carbonyl (C=O) groups excluding carboxylic acids is 1. The third-order valence-electron chi connectivity index (χ3n) is 1.83. The van der Waals surface area contributed by atoms with Gasteiger partial charge < -0.3 is 5.73 Å². The standard InChI is InChI=1S/C8H12ClNO/c1-8(2)3-5(10)7(9)6(11)4-8/h3-4,10H2,1-2H3. The molecular weight excluding hydrogens is 162 g/mol. The van der Waals surface area contributed by atoms with Crippen LogP contribution < -0.4 is 5.73 Å². The van der Waals surface area contributed by atoms with Gasteiger partial charge in [0.1, 0.15) is 5.03 Å². The van der Waals surface area contributed by atoms with E-state index in [0.717, 1.165) is 6.42 Å². The SMILES string of the molecule is CC1(C)CC(=O)C(Cl)=C(N)C1. The van der Waals surface area contributed by atoms with E-state index in [0.29, 0.717) is 12.1 Å². The first kappa shape index (κ1) is 8.60. The Kier molecular flexibility index (Phi) is 1.97. The number of allylic oxidation sites excluding steroid dienone is 2. The Morgan fingerprint density at radius 1 is 1.45 bits per heavy atom. The first-order chi connectivity index (χ1) is 4.92. The monoisotopic (exact) mass is 173 g/mol. The van der Waals surface area contributed by atoms with Crippen molar-refractivity contribution in [2.45, 2.75) is 26.7 Å². The molecule has 0 aromatic carbocycles. The minimum atomic E-state index is -0.0274. The molecule has 0 aromatic rings. The van der Waals surface area contributed by atoms with Crippen molar-refractivity contribution in [3.05, 3.63) is 10.7 Å². The van der Waals surface area contributed by atoms with Gasteiger partial charge in [-0.05, 0) is 11.8 Å². The van der Waals surface area contributed by atoms with Gasteiger partial charge in [-0.1, -0.05) is 25.4 Å². The maximum absolute atomic E-state index is 11.2. The van der Waals surface area contributed by atoms with Crippen molar-refractivity contribution in [3.63, 3.8) is 0 Å². The van der Waals surface area contributed by atoms with Crippen LogP contribution in [0.25, 0.3) is 0 Å². The van der Waals surface area contributed by atoms with Crippen LogP contribution in [0.2, 0.25) is 0 Å². The zero-order chi connectivity index (χ0) is 8.65. The van der Waals surface area contributed by atoms with E-state index < -0.39 is 0 Å². The molecule has 0 saturated carbocycles. The van der Waals surface area contributed by atoms with E-state index in [1.807, 2.05) is 13.8 Å². The van der Waals surface area contributed by atoms with E-state index in [9.17, 15) is 4.79 Å². The van der Waals surface area contributed by atoms with E-state index >= 15 is 0 Å². The van der Waals surface area contributed by atoms with Crippen molar-refractivity contribution in [1.82, 2.24) is 0 Å². The molecule has 3 heteroatoms. The van der Waals surface area contributed by atoms with Gasteiger partial charge in [0.2, 0.25) is 0 Å². The summed E-state index contributed by atoms with van der Waals surface area (Å²) in [5.74, 6) is -0.0274. The summed E-state index contributed by atoms with van der Waals surface area (Å²) in [4.78, 5) is 11.2. The maximum atomic E-state index is 11.2. The second kappa shape index (κ2) is 2.52. The van der Waals surface area contributed by atoms with Crippen LogP contribution in [0.15, 0.2) is 10.7 Å². The molecule has 2 N–H and O–H groups in total. The van der Waals surface area contributed by atoms with E-state index in [2.05, 4.69) is 0 Å². The molecule has 11 heavy (non-hydrogen) atoms. The van der Waals surface area contributed by atoms with Crippen molar-refractivity contribution in [2.24, 2.45) is 11.1 Å². The molecule has 1 aliphatic carbocycles. The summed E-state index contributed by atoms with van der Waals surface area (Å²) in [6.45, 7) is 4.03. The van der Waals surface area contributed by atoms with Crippen molar-refractivity contribution in [2.75, 3.05) is 0 Å². The normalized spacial score (nSPS) is 24.1. The summed E-state index contributed by atoms with van der Waals surface area (Å²) in [7, 11) is 0. The number of hydrogen-bond donors (Lipinski definition) is 1. The van der Waals surface area contributed by atoms with Crippen molar-refractivity contribution in [3.8, 4) is 0 Å². The molecular formula is C8H12ClNO. The molecule has 0 spiro atoms. The van der Waals surface area contributed by atoms with Gasteiger partial charge in [0.25, 0.3) is 0 Å². The summed E-state index contributed by atoms with van der Waals surface area (Å²) in [5.41, 5.74) is 6.09. The van der Waals surface area contributed by atoms with Crippen LogP contribution in [-0.2, 0) is 4.79 Å². The van der Waals surface area contributed by atoms with Gasteiger partial charge >= 0.3 is 0 Å². The lowest BCUT2D eigenvalue weighted by molar-refractivity contribution is -0.117. The third-order valence-corrected chi connectivity index (χ3v) is 2.29. The Labute approximate surface area is 71.4 Å². The molecule has 0 aromatic heterocycles.